The first-order valence-corrected chi connectivity index (χ1v) is 11.2. The minimum Gasteiger partial charge on any atom is -0.447 e. The van der Waals surface area contributed by atoms with E-state index in [4.69, 9.17) is 4.42 Å². The normalized spacial score (nSPS) is 14.7. The molecule has 1 saturated carbocycles. The standard InChI is InChI=1S/C26H23F2N3O3/c1-15-22(25(32)30-24(16-4-2-5-16)17-8-10-18(27)11-9-17)19-6-3-7-20(28)23(19)26(33)31(15)14-21-29-12-13-34-21/h3,6-13,16,24H,2,4-5,14H2,1H3,(H,30,32). The van der Waals surface area contributed by atoms with E-state index in [-0.39, 0.29) is 46.5 Å². The van der Waals surface area contributed by atoms with Crippen molar-refractivity contribution in [1.82, 2.24) is 14.9 Å². The number of benzene rings is 2. The first kappa shape index (κ1) is 22.0. The van der Waals surface area contributed by atoms with Gasteiger partial charge in [0.05, 0.1) is 23.2 Å². The Morgan fingerprint density at radius 3 is 2.62 bits per heavy atom. The predicted molar refractivity (Wildman–Crippen MR) is 122 cm³/mol. The highest BCUT2D eigenvalue weighted by molar-refractivity contribution is 6.08. The van der Waals surface area contributed by atoms with Crippen molar-refractivity contribution in [3.8, 4) is 0 Å². The number of hydrogen-bond donors (Lipinski definition) is 1. The molecule has 1 N–H and O–H groups in total. The van der Waals surface area contributed by atoms with Crippen LogP contribution in [0.5, 0.6) is 0 Å². The molecule has 0 bridgehead atoms. The van der Waals surface area contributed by atoms with Crippen molar-refractivity contribution in [2.24, 2.45) is 5.92 Å². The molecule has 0 saturated heterocycles. The van der Waals surface area contributed by atoms with Crippen molar-refractivity contribution in [3.05, 3.63) is 99.6 Å². The van der Waals surface area contributed by atoms with Crippen LogP contribution in [-0.2, 0) is 6.54 Å². The summed E-state index contributed by atoms with van der Waals surface area (Å²) in [6.45, 7) is 1.62. The van der Waals surface area contributed by atoms with Gasteiger partial charge >= 0.3 is 0 Å². The largest absolute Gasteiger partial charge is 0.447 e. The molecule has 1 aliphatic carbocycles. The maximum Gasteiger partial charge on any atom is 0.262 e. The third-order valence-electron chi connectivity index (χ3n) is 6.65. The summed E-state index contributed by atoms with van der Waals surface area (Å²) in [5.74, 6) is -0.984. The Morgan fingerprint density at radius 1 is 1.21 bits per heavy atom. The van der Waals surface area contributed by atoms with E-state index in [1.165, 1.54) is 41.3 Å². The second-order valence-corrected chi connectivity index (χ2v) is 8.63. The van der Waals surface area contributed by atoms with Gasteiger partial charge in [-0.25, -0.2) is 13.8 Å². The van der Waals surface area contributed by atoms with Gasteiger partial charge in [-0.15, -0.1) is 0 Å². The molecule has 6 nitrogen and oxygen atoms in total. The van der Waals surface area contributed by atoms with Crippen molar-refractivity contribution in [1.29, 1.82) is 0 Å². The minimum absolute atomic E-state index is 0.0355. The highest BCUT2D eigenvalue weighted by Gasteiger charge is 2.31. The number of hydrogen-bond acceptors (Lipinski definition) is 4. The van der Waals surface area contributed by atoms with Gasteiger partial charge in [0.15, 0.2) is 0 Å². The molecule has 1 aliphatic rings. The lowest BCUT2D eigenvalue weighted by atomic mass is 9.77. The number of nitrogens with one attached hydrogen (secondary N) is 1. The molecule has 2 aromatic carbocycles. The lowest BCUT2D eigenvalue weighted by molar-refractivity contribution is 0.0900. The van der Waals surface area contributed by atoms with Crippen LogP contribution in [-0.4, -0.2) is 15.5 Å². The van der Waals surface area contributed by atoms with Crippen molar-refractivity contribution in [3.63, 3.8) is 0 Å². The average molecular weight is 463 g/mol. The number of halogens is 2. The van der Waals surface area contributed by atoms with Crippen LogP contribution in [0, 0.1) is 24.5 Å². The van der Waals surface area contributed by atoms with Crippen LogP contribution in [0.4, 0.5) is 8.78 Å². The fourth-order valence-corrected chi connectivity index (χ4v) is 4.64. The van der Waals surface area contributed by atoms with E-state index in [1.807, 2.05) is 0 Å². The number of nitrogens with zero attached hydrogens (tertiary/aromatic N) is 2. The number of carbonyl (C=O) groups is 1. The van der Waals surface area contributed by atoms with Crippen LogP contribution in [0.3, 0.4) is 0 Å². The third kappa shape index (κ3) is 3.89. The van der Waals surface area contributed by atoms with Gasteiger partial charge in [-0.05, 0) is 49.4 Å². The molecule has 1 fully saturated rings. The summed E-state index contributed by atoms with van der Waals surface area (Å²) in [6, 6.07) is 10.0. The van der Waals surface area contributed by atoms with Gasteiger partial charge in [-0.1, -0.05) is 30.7 Å². The van der Waals surface area contributed by atoms with Gasteiger partial charge in [0, 0.05) is 11.1 Å². The molecule has 0 spiro atoms. The van der Waals surface area contributed by atoms with Gasteiger partial charge in [-0.3, -0.25) is 9.59 Å². The SMILES string of the molecule is Cc1c(C(=O)NC(c2ccc(F)cc2)C2CCC2)c2cccc(F)c2c(=O)n1Cc1ncco1. The lowest BCUT2D eigenvalue weighted by Gasteiger charge is -2.35. The highest BCUT2D eigenvalue weighted by Crippen LogP contribution is 2.38. The number of amides is 1. The topological polar surface area (TPSA) is 77.1 Å². The number of oxazole rings is 1. The molecule has 2 aromatic heterocycles. The van der Waals surface area contributed by atoms with Gasteiger partial charge in [-0.2, -0.15) is 0 Å². The fourth-order valence-electron chi connectivity index (χ4n) is 4.64. The monoisotopic (exact) mass is 463 g/mol. The van der Waals surface area contributed by atoms with Crippen LogP contribution in [0.1, 0.15) is 52.8 Å². The van der Waals surface area contributed by atoms with E-state index in [1.54, 1.807) is 25.1 Å². The molecule has 0 radical (unpaired) electrons. The molecular weight excluding hydrogens is 440 g/mol. The van der Waals surface area contributed by atoms with Crippen LogP contribution in [0.2, 0.25) is 0 Å². The number of fused-ring (bicyclic) bond motifs is 1. The molecule has 5 rings (SSSR count). The molecule has 8 heteroatoms. The van der Waals surface area contributed by atoms with E-state index in [2.05, 4.69) is 10.3 Å². The summed E-state index contributed by atoms with van der Waals surface area (Å²) in [7, 11) is 0. The number of carbonyl (C=O) groups excluding carboxylic acids is 1. The first-order chi connectivity index (χ1) is 16.4. The van der Waals surface area contributed by atoms with E-state index < -0.39 is 17.3 Å². The molecule has 4 aromatic rings. The number of aromatic nitrogens is 2. The highest BCUT2D eigenvalue weighted by atomic mass is 19.1. The third-order valence-corrected chi connectivity index (χ3v) is 6.65. The van der Waals surface area contributed by atoms with Crippen molar-refractivity contribution >= 4 is 16.7 Å². The van der Waals surface area contributed by atoms with Gasteiger partial charge < -0.3 is 14.3 Å². The summed E-state index contributed by atoms with van der Waals surface area (Å²) < 4.78 is 34.9. The maximum absolute atomic E-state index is 14.8. The summed E-state index contributed by atoms with van der Waals surface area (Å²) in [5, 5.41) is 3.18. The van der Waals surface area contributed by atoms with Crippen molar-refractivity contribution in [2.75, 3.05) is 0 Å². The molecule has 34 heavy (non-hydrogen) atoms. The van der Waals surface area contributed by atoms with E-state index in [0.29, 0.717) is 5.69 Å². The van der Waals surface area contributed by atoms with E-state index >= 15 is 0 Å². The Hall–Kier alpha value is -3.81. The number of rotatable bonds is 6. The Kier molecular flexibility index (Phi) is 5.73. The minimum atomic E-state index is -0.702. The van der Waals surface area contributed by atoms with Crippen LogP contribution >= 0.6 is 0 Å². The summed E-state index contributed by atoms with van der Waals surface area (Å²) in [5.41, 5.74) is 0.840. The Bertz CT molecular complexity index is 1410. The Labute approximate surface area is 194 Å². The zero-order chi connectivity index (χ0) is 23.8. The van der Waals surface area contributed by atoms with Gasteiger partial charge in [0.25, 0.3) is 11.5 Å². The first-order valence-electron chi connectivity index (χ1n) is 11.2. The molecule has 1 atom stereocenters. The molecule has 2 heterocycles. The zero-order valence-corrected chi connectivity index (χ0v) is 18.6. The van der Waals surface area contributed by atoms with Gasteiger partial charge in [0.1, 0.15) is 24.4 Å². The Balaban J connectivity index is 1.61. The van der Waals surface area contributed by atoms with Crippen molar-refractivity contribution < 1.29 is 18.0 Å². The molecular formula is C26H23F2N3O3. The average Bonchev–Trinajstić information content (AvgIpc) is 3.29. The van der Waals surface area contributed by atoms with Crippen molar-refractivity contribution in [2.45, 2.75) is 38.8 Å². The van der Waals surface area contributed by atoms with Crippen LogP contribution in [0.25, 0.3) is 10.8 Å². The summed E-state index contributed by atoms with van der Waals surface area (Å²) in [6.07, 6.45) is 5.79. The molecule has 0 aliphatic heterocycles. The van der Waals surface area contributed by atoms with E-state index in [9.17, 15) is 18.4 Å². The number of pyridine rings is 1. The molecule has 1 amide bonds. The maximum atomic E-state index is 14.8. The van der Waals surface area contributed by atoms with Gasteiger partial charge in [0.2, 0.25) is 5.89 Å². The molecule has 1 unspecified atom stereocenters. The predicted octanol–water partition coefficient (Wildman–Crippen LogP) is 4.90. The lowest BCUT2D eigenvalue weighted by Crippen LogP contribution is -2.38. The summed E-state index contributed by atoms with van der Waals surface area (Å²) >= 11 is 0. The smallest absolute Gasteiger partial charge is 0.262 e. The van der Waals surface area contributed by atoms with Crippen LogP contribution in [0.15, 0.2) is 64.1 Å². The second kappa shape index (κ2) is 8.85. The fraction of sp³-hybridized carbons (Fsp3) is 0.269. The molecule has 174 valence electrons. The van der Waals surface area contributed by atoms with E-state index in [0.717, 1.165) is 24.8 Å². The Morgan fingerprint density at radius 2 is 1.97 bits per heavy atom. The van der Waals surface area contributed by atoms with Crippen LogP contribution < -0.4 is 10.9 Å². The summed E-state index contributed by atoms with van der Waals surface area (Å²) in [4.78, 5) is 30.9. The zero-order valence-electron chi connectivity index (χ0n) is 18.6. The quantitative estimate of drug-likeness (QED) is 0.442. The second-order valence-electron chi connectivity index (χ2n) is 8.63.